The van der Waals surface area contributed by atoms with E-state index in [0.29, 0.717) is 6.54 Å². The van der Waals surface area contributed by atoms with Gasteiger partial charge in [0, 0.05) is 6.54 Å². The van der Waals surface area contributed by atoms with Gasteiger partial charge in [0.15, 0.2) is 6.61 Å². The van der Waals surface area contributed by atoms with Crippen LogP contribution in [0.5, 0.6) is 0 Å². The standard InChI is InChI=1S/C6H12N2O3/c1-2-3-8-6(10)11-4-5(7)9/h2-4H2,1H3,(H2,7,9)(H,8,10). The maximum Gasteiger partial charge on any atom is 0.407 e. The largest absolute Gasteiger partial charge is 0.439 e. The van der Waals surface area contributed by atoms with E-state index in [1.165, 1.54) is 0 Å². The van der Waals surface area contributed by atoms with Crippen molar-refractivity contribution < 1.29 is 14.3 Å². The lowest BCUT2D eigenvalue weighted by atomic mass is 10.5. The smallest absolute Gasteiger partial charge is 0.407 e. The van der Waals surface area contributed by atoms with E-state index in [-0.39, 0.29) is 6.61 Å². The highest BCUT2D eigenvalue weighted by atomic mass is 16.6. The number of nitrogens with one attached hydrogen (secondary N) is 1. The third-order valence-corrected chi connectivity index (χ3v) is 0.865. The van der Waals surface area contributed by atoms with Crippen molar-refractivity contribution in [3.63, 3.8) is 0 Å². The van der Waals surface area contributed by atoms with E-state index < -0.39 is 12.0 Å². The number of amides is 2. The molecule has 0 rings (SSSR count). The van der Waals surface area contributed by atoms with E-state index in [9.17, 15) is 9.59 Å². The van der Waals surface area contributed by atoms with Gasteiger partial charge in [0.2, 0.25) is 0 Å². The van der Waals surface area contributed by atoms with Crippen molar-refractivity contribution in [1.82, 2.24) is 5.32 Å². The molecule has 0 saturated carbocycles. The fraction of sp³-hybridized carbons (Fsp3) is 0.667. The van der Waals surface area contributed by atoms with Gasteiger partial charge in [-0.25, -0.2) is 4.79 Å². The van der Waals surface area contributed by atoms with Gasteiger partial charge in [0.05, 0.1) is 0 Å². The molecule has 5 nitrogen and oxygen atoms in total. The van der Waals surface area contributed by atoms with Crippen molar-refractivity contribution in [2.45, 2.75) is 13.3 Å². The third-order valence-electron chi connectivity index (χ3n) is 0.865. The molecule has 0 spiro atoms. The zero-order valence-electron chi connectivity index (χ0n) is 6.42. The van der Waals surface area contributed by atoms with Crippen LogP contribution in [0.15, 0.2) is 0 Å². The van der Waals surface area contributed by atoms with Crippen LogP contribution in [0.2, 0.25) is 0 Å². The topological polar surface area (TPSA) is 81.4 Å². The Balaban J connectivity index is 3.30. The molecule has 5 heteroatoms. The van der Waals surface area contributed by atoms with Crippen LogP contribution in [0.4, 0.5) is 4.79 Å². The molecule has 0 saturated heterocycles. The molecule has 0 heterocycles. The highest BCUT2D eigenvalue weighted by Crippen LogP contribution is 1.77. The summed E-state index contributed by atoms with van der Waals surface area (Å²) < 4.78 is 4.38. The van der Waals surface area contributed by atoms with Gasteiger partial charge in [-0.2, -0.15) is 0 Å². The SMILES string of the molecule is CCCNC(=O)OCC(N)=O. The monoisotopic (exact) mass is 160 g/mol. The second-order valence-electron chi connectivity index (χ2n) is 1.97. The van der Waals surface area contributed by atoms with Crippen LogP contribution in [0, 0.1) is 0 Å². The second-order valence-corrected chi connectivity index (χ2v) is 1.97. The molecule has 0 aromatic rings. The first-order chi connectivity index (χ1) is 5.16. The van der Waals surface area contributed by atoms with Gasteiger partial charge in [0.1, 0.15) is 0 Å². The summed E-state index contributed by atoms with van der Waals surface area (Å²) in [6.45, 7) is 2.08. The Labute approximate surface area is 64.9 Å². The van der Waals surface area contributed by atoms with Gasteiger partial charge < -0.3 is 15.8 Å². The van der Waals surface area contributed by atoms with Crippen LogP contribution >= 0.6 is 0 Å². The molecule has 0 aliphatic carbocycles. The average molecular weight is 160 g/mol. The summed E-state index contributed by atoms with van der Waals surface area (Å²) >= 11 is 0. The quantitative estimate of drug-likeness (QED) is 0.587. The first-order valence-electron chi connectivity index (χ1n) is 3.35. The number of rotatable bonds is 4. The molecule has 0 aromatic carbocycles. The Morgan fingerprint density at radius 2 is 2.18 bits per heavy atom. The van der Waals surface area contributed by atoms with Crippen LogP contribution < -0.4 is 11.1 Å². The number of hydrogen-bond donors (Lipinski definition) is 2. The van der Waals surface area contributed by atoms with Crippen molar-refractivity contribution in [2.75, 3.05) is 13.2 Å². The minimum Gasteiger partial charge on any atom is -0.439 e. The molecule has 0 atom stereocenters. The summed E-state index contributed by atoms with van der Waals surface area (Å²) in [4.78, 5) is 20.7. The van der Waals surface area contributed by atoms with Gasteiger partial charge in [0.25, 0.3) is 5.91 Å². The number of nitrogens with two attached hydrogens (primary N) is 1. The molecule has 0 bridgehead atoms. The fourth-order valence-corrected chi connectivity index (χ4v) is 0.415. The molecule has 0 radical (unpaired) electrons. The van der Waals surface area contributed by atoms with Gasteiger partial charge >= 0.3 is 6.09 Å². The van der Waals surface area contributed by atoms with Gasteiger partial charge in [-0.3, -0.25) is 4.79 Å². The van der Waals surface area contributed by atoms with E-state index in [1.54, 1.807) is 0 Å². The van der Waals surface area contributed by atoms with Crippen molar-refractivity contribution in [3.8, 4) is 0 Å². The molecule has 3 N–H and O–H groups in total. The first-order valence-corrected chi connectivity index (χ1v) is 3.35. The van der Waals surface area contributed by atoms with Crippen LogP contribution in [0.3, 0.4) is 0 Å². The Hall–Kier alpha value is -1.26. The predicted octanol–water partition coefficient (Wildman–Crippen LogP) is -0.392. The number of primary amides is 1. The van der Waals surface area contributed by atoms with E-state index in [2.05, 4.69) is 10.1 Å². The lowest BCUT2D eigenvalue weighted by Gasteiger charge is -2.02. The zero-order valence-corrected chi connectivity index (χ0v) is 6.42. The van der Waals surface area contributed by atoms with Crippen molar-refractivity contribution in [3.05, 3.63) is 0 Å². The van der Waals surface area contributed by atoms with Gasteiger partial charge in [-0.05, 0) is 6.42 Å². The molecule has 0 aromatic heterocycles. The normalized spacial score (nSPS) is 8.82. The Bertz CT molecular complexity index is 147. The number of carbonyl (C=O) groups is 2. The average Bonchev–Trinajstić information content (AvgIpc) is 1.97. The van der Waals surface area contributed by atoms with Crippen molar-refractivity contribution >= 4 is 12.0 Å². The number of carbonyl (C=O) groups excluding carboxylic acids is 2. The Morgan fingerprint density at radius 1 is 1.55 bits per heavy atom. The maximum atomic E-state index is 10.6. The van der Waals surface area contributed by atoms with Crippen LogP contribution in [-0.2, 0) is 9.53 Å². The molecule has 2 amide bonds. The molecule has 0 aliphatic heterocycles. The predicted molar refractivity (Wildman–Crippen MR) is 38.8 cm³/mol. The van der Waals surface area contributed by atoms with E-state index in [1.807, 2.05) is 6.92 Å². The summed E-state index contributed by atoms with van der Waals surface area (Å²) in [6.07, 6.45) is 0.219. The number of alkyl carbamates (subject to hydrolysis) is 1. The Morgan fingerprint density at radius 3 is 2.64 bits per heavy atom. The highest BCUT2D eigenvalue weighted by Gasteiger charge is 2.01. The number of hydrogen-bond acceptors (Lipinski definition) is 3. The summed E-state index contributed by atoms with van der Waals surface area (Å²) in [5.74, 6) is -0.656. The summed E-state index contributed by atoms with van der Waals surface area (Å²) in [5, 5.41) is 2.42. The minimum absolute atomic E-state index is 0.366. The van der Waals surface area contributed by atoms with Crippen molar-refractivity contribution in [1.29, 1.82) is 0 Å². The minimum atomic E-state index is -0.656. The molecule has 64 valence electrons. The molecular weight excluding hydrogens is 148 g/mol. The molecule has 0 fully saturated rings. The van der Waals surface area contributed by atoms with Gasteiger partial charge in [-0.1, -0.05) is 6.92 Å². The zero-order chi connectivity index (χ0) is 8.69. The molecule has 0 unspecified atom stereocenters. The van der Waals surface area contributed by atoms with Crippen LogP contribution in [0.1, 0.15) is 13.3 Å². The van der Waals surface area contributed by atoms with E-state index in [4.69, 9.17) is 5.73 Å². The maximum absolute atomic E-state index is 10.6. The summed E-state index contributed by atoms with van der Waals surface area (Å²) in [6, 6.07) is 0. The van der Waals surface area contributed by atoms with E-state index in [0.717, 1.165) is 6.42 Å². The first kappa shape index (κ1) is 9.74. The molecule has 0 aliphatic rings. The summed E-state index contributed by atoms with van der Waals surface area (Å²) in [5.41, 5.74) is 4.73. The van der Waals surface area contributed by atoms with Crippen molar-refractivity contribution in [2.24, 2.45) is 5.73 Å². The summed E-state index contributed by atoms with van der Waals surface area (Å²) in [7, 11) is 0. The lowest BCUT2D eigenvalue weighted by Crippen LogP contribution is -2.29. The second kappa shape index (κ2) is 5.52. The van der Waals surface area contributed by atoms with E-state index >= 15 is 0 Å². The molecular formula is C6H12N2O3. The third kappa shape index (κ3) is 6.63. The highest BCUT2D eigenvalue weighted by molar-refractivity contribution is 5.78. The van der Waals surface area contributed by atoms with Crippen LogP contribution in [-0.4, -0.2) is 25.2 Å². The fourth-order valence-electron chi connectivity index (χ4n) is 0.415. The molecule has 11 heavy (non-hydrogen) atoms. The number of ether oxygens (including phenoxy) is 1. The Kier molecular flexibility index (Phi) is 4.89. The lowest BCUT2D eigenvalue weighted by molar-refractivity contribution is -0.120. The van der Waals surface area contributed by atoms with Gasteiger partial charge in [-0.15, -0.1) is 0 Å². The van der Waals surface area contributed by atoms with Crippen LogP contribution in [0.25, 0.3) is 0 Å².